The highest BCUT2D eigenvalue weighted by atomic mass is 32.1. The summed E-state index contributed by atoms with van der Waals surface area (Å²) in [6.45, 7) is 4.11. The van der Waals surface area contributed by atoms with Crippen molar-refractivity contribution in [3.8, 4) is 0 Å². The van der Waals surface area contributed by atoms with Crippen molar-refractivity contribution in [3.63, 3.8) is 0 Å². The van der Waals surface area contributed by atoms with E-state index in [1.807, 2.05) is 14.0 Å². The average Bonchev–Trinajstić information content (AvgIpc) is 2.29. The van der Waals surface area contributed by atoms with Gasteiger partial charge in [0.15, 0.2) is 23.4 Å². The maximum absolute atomic E-state index is 4.21. The summed E-state index contributed by atoms with van der Waals surface area (Å²) in [5.74, 6) is 0. The second-order valence-electron chi connectivity index (χ2n) is 2.81. The summed E-state index contributed by atoms with van der Waals surface area (Å²) in [6, 6.07) is 0. The highest BCUT2D eigenvalue weighted by molar-refractivity contribution is 7.09. The van der Waals surface area contributed by atoms with Gasteiger partial charge in [-0.05, 0) is 6.92 Å². The lowest BCUT2D eigenvalue weighted by Gasteiger charge is -1.89. The van der Waals surface area contributed by atoms with Gasteiger partial charge >= 0.3 is 0 Å². The number of aryl methyl sites for hydroxylation is 3. The molecule has 0 bridgehead atoms. The van der Waals surface area contributed by atoms with Crippen LogP contribution in [0.4, 0.5) is 0 Å². The minimum absolute atomic E-state index is 1.06. The molecule has 2 aromatic rings. The highest BCUT2D eigenvalue weighted by Crippen LogP contribution is 2.19. The lowest BCUT2D eigenvalue weighted by atomic mass is 10.2. The number of hydrogen-bond acceptors (Lipinski definition) is 3. The minimum atomic E-state index is 1.06. The van der Waals surface area contributed by atoms with Crippen molar-refractivity contribution in [2.24, 2.45) is 7.05 Å². The predicted molar refractivity (Wildman–Crippen MR) is 48.1 cm³/mol. The van der Waals surface area contributed by atoms with Crippen LogP contribution in [0.1, 0.15) is 11.4 Å². The first-order valence-electron chi connectivity index (χ1n) is 3.77. The highest BCUT2D eigenvalue weighted by Gasteiger charge is 2.15. The van der Waals surface area contributed by atoms with Crippen LogP contribution >= 0.6 is 11.5 Å². The van der Waals surface area contributed by atoms with E-state index in [2.05, 4.69) is 20.8 Å². The van der Waals surface area contributed by atoms with Gasteiger partial charge in [0, 0.05) is 6.92 Å². The van der Waals surface area contributed by atoms with E-state index in [-0.39, 0.29) is 0 Å². The Morgan fingerprint density at radius 1 is 1.33 bits per heavy atom. The smallest absolute Gasteiger partial charge is 0.204 e. The lowest BCUT2D eigenvalue weighted by molar-refractivity contribution is -0.606. The number of nitrogens with zero attached hydrogens (tertiary/aromatic N) is 3. The summed E-state index contributed by atoms with van der Waals surface area (Å²) < 4.78 is 2.12. The first-order valence-corrected chi connectivity index (χ1v) is 4.54. The van der Waals surface area contributed by atoms with Crippen LogP contribution in [0.2, 0.25) is 0 Å². The quantitative estimate of drug-likeness (QED) is 0.569. The van der Waals surface area contributed by atoms with E-state index in [0.29, 0.717) is 0 Å². The summed E-state index contributed by atoms with van der Waals surface area (Å²) in [5, 5.41) is 1.20. The first-order chi connectivity index (χ1) is 5.70. The Balaban J connectivity index is 2.97. The Morgan fingerprint density at radius 2 is 2.08 bits per heavy atom. The largest absolute Gasteiger partial charge is 0.241 e. The summed E-state index contributed by atoms with van der Waals surface area (Å²) >= 11 is 1.66. The third kappa shape index (κ3) is 0.914. The van der Waals surface area contributed by atoms with Crippen LogP contribution in [-0.4, -0.2) is 9.97 Å². The van der Waals surface area contributed by atoms with E-state index in [1.165, 1.54) is 11.1 Å². The molecule has 0 aromatic carbocycles. The van der Waals surface area contributed by atoms with E-state index in [0.717, 1.165) is 10.5 Å². The van der Waals surface area contributed by atoms with Gasteiger partial charge < -0.3 is 0 Å². The third-order valence-electron chi connectivity index (χ3n) is 2.06. The molecule has 0 amide bonds. The number of fused-ring (bicyclic) bond motifs is 1. The molecular formula is C8H10N3S+. The maximum Gasteiger partial charge on any atom is 0.204 e. The molecule has 0 saturated carbocycles. The van der Waals surface area contributed by atoms with Gasteiger partial charge in [-0.2, -0.15) is 0 Å². The molecule has 0 N–H and O–H groups in total. The van der Waals surface area contributed by atoms with Crippen molar-refractivity contribution in [1.29, 1.82) is 0 Å². The van der Waals surface area contributed by atoms with Crippen LogP contribution in [0.3, 0.4) is 0 Å². The molecule has 0 fully saturated rings. The Morgan fingerprint density at radius 3 is 2.75 bits per heavy atom. The topological polar surface area (TPSA) is 29.7 Å². The molecule has 4 heteroatoms. The van der Waals surface area contributed by atoms with Gasteiger partial charge in [0.25, 0.3) is 0 Å². The fourth-order valence-electron chi connectivity index (χ4n) is 1.29. The summed E-state index contributed by atoms with van der Waals surface area (Å²) in [6.07, 6.45) is 1.62. The van der Waals surface area contributed by atoms with Crippen LogP contribution in [0.5, 0.6) is 0 Å². The Labute approximate surface area is 74.9 Å². The average molecular weight is 180 g/mol. The molecule has 12 heavy (non-hydrogen) atoms. The Bertz CT molecular complexity index is 433. The summed E-state index contributed by atoms with van der Waals surface area (Å²) in [4.78, 5) is 9.45. The second kappa shape index (κ2) is 2.48. The van der Waals surface area contributed by atoms with E-state index in [9.17, 15) is 0 Å². The zero-order chi connectivity index (χ0) is 8.72. The van der Waals surface area contributed by atoms with E-state index >= 15 is 0 Å². The second-order valence-corrected chi connectivity index (χ2v) is 3.93. The standard InChI is InChI=1S/C8H10N3S/c1-5-7-6(2)11(3)12-8(7)10-4-9-5/h4H,1-3H3/q+1. The monoisotopic (exact) mass is 180 g/mol. The molecule has 0 aliphatic heterocycles. The van der Waals surface area contributed by atoms with Crippen molar-refractivity contribution < 1.29 is 3.96 Å². The van der Waals surface area contributed by atoms with Crippen LogP contribution in [0.15, 0.2) is 6.33 Å². The molecule has 0 atom stereocenters. The molecule has 2 rings (SSSR count). The van der Waals surface area contributed by atoms with Crippen LogP contribution in [0.25, 0.3) is 10.2 Å². The molecule has 0 aliphatic carbocycles. The number of rotatable bonds is 0. The van der Waals surface area contributed by atoms with Gasteiger partial charge in [0.1, 0.15) is 11.7 Å². The lowest BCUT2D eigenvalue weighted by Crippen LogP contribution is -2.24. The predicted octanol–water partition coefficient (Wildman–Crippen LogP) is 1.13. The van der Waals surface area contributed by atoms with Gasteiger partial charge in [-0.15, -0.1) is 3.96 Å². The SMILES string of the molecule is Cc1ncnc2s[n+](C)c(C)c12. The molecule has 0 spiro atoms. The van der Waals surface area contributed by atoms with E-state index in [4.69, 9.17) is 0 Å². The van der Waals surface area contributed by atoms with E-state index in [1.54, 1.807) is 17.9 Å². The van der Waals surface area contributed by atoms with Crippen molar-refractivity contribution >= 4 is 21.7 Å². The van der Waals surface area contributed by atoms with Crippen molar-refractivity contribution in [2.75, 3.05) is 0 Å². The molecule has 0 saturated heterocycles. The van der Waals surface area contributed by atoms with Crippen LogP contribution < -0.4 is 3.96 Å². The van der Waals surface area contributed by atoms with Crippen LogP contribution in [0, 0.1) is 13.8 Å². The molecular weight excluding hydrogens is 170 g/mol. The Hall–Kier alpha value is -1.03. The molecule has 2 aromatic heterocycles. The molecule has 3 nitrogen and oxygen atoms in total. The molecule has 2 heterocycles. The fraction of sp³-hybridized carbons (Fsp3) is 0.375. The molecule has 62 valence electrons. The fourth-order valence-corrected chi connectivity index (χ4v) is 2.26. The minimum Gasteiger partial charge on any atom is -0.241 e. The van der Waals surface area contributed by atoms with Gasteiger partial charge in [-0.25, -0.2) is 9.97 Å². The van der Waals surface area contributed by atoms with Crippen molar-refractivity contribution in [3.05, 3.63) is 17.7 Å². The number of aromatic nitrogens is 3. The summed E-state index contributed by atoms with van der Waals surface area (Å²) in [7, 11) is 2.04. The van der Waals surface area contributed by atoms with Gasteiger partial charge in [-0.1, -0.05) is 0 Å². The van der Waals surface area contributed by atoms with E-state index < -0.39 is 0 Å². The molecule has 0 radical (unpaired) electrons. The van der Waals surface area contributed by atoms with Crippen molar-refractivity contribution in [2.45, 2.75) is 13.8 Å². The van der Waals surface area contributed by atoms with Gasteiger partial charge in [0.05, 0.1) is 5.69 Å². The maximum atomic E-state index is 4.21. The van der Waals surface area contributed by atoms with Crippen molar-refractivity contribution in [1.82, 2.24) is 9.97 Å². The van der Waals surface area contributed by atoms with Gasteiger partial charge in [-0.3, -0.25) is 0 Å². The normalized spacial score (nSPS) is 10.9. The van der Waals surface area contributed by atoms with Crippen LogP contribution in [-0.2, 0) is 7.05 Å². The zero-order valence-electron chi connectivity index (χ0n) is 7.33. The molecule has 0 aliphatic rings. The first kappa shape index (κ1) is 7.61. The van der Waals surface area contributed by atoms with Gasteiger partial charge in [0.2, 0.25) is 5.69 Å². The molecule has 0 unspecified atom stereocenters. The zero-order valence-corrected chi connectivity index (χ0v) is 8.14. The summed E-state index contributed by atoms with van der Waals surface area (Å²) in [5.41, 5.74) is 2.31. The number of hydrogen-bond donors (Lipinski definition) is 0. The Kier molecular flexibility index (Phi) is 1.58. The third-order valence-corrected chi connectivity index (χ3v) is 3.09.